The van der Waals surface area contributed by atoms with E-state index >= 15 is 0 Å². The van der Waals surface area contributed by atoms with Crippen LogP contribution in [0.5, 0.6) is 0 Å². The van der Waals surface area contributed by atoms with Gasteiger partial charge in [0.25, 0.3) is 0 Å². The third-order valence-electron chi connectivity index (χ3n) is 4.41. The maximum absolute atomic E-state index is 3.76. The van der Waals surface area contributed by atoms with Crippen LogP contribution >= 0.6 is 11.3 Å². The first-order chi connectivity index (χ1) is 8.76. The van der Waals surface area contributed by atoms with Crippen LogP contribution in [-0.2, 0) is 0 Å². The van der Waals surface area contributed by atoms with Crippen molar-refractivity contribution in [3.63, 3.8) is 0 Å². The Bertz CT molecular complexity index is 358. The highest BCUT2D eigenvalue weighted by atomic mass is 32.1. The average Bonchev–Trinajstić information content (AvgIpc) is 2.82. The number of hydrogen-bond donors (Lipinski definition) is 1. The summed E-state index contributed by atoms with van der Waals surface area (Å²) in [6.45, 7) is 7.90. The molecule has 0 radical (unpaired) electrons. The van der Waals surface area contributed by atoms with E-state index in [2.05, 4.69) is 38.2 Å². The van der Waals surface area contributed by atoms with E-state index in [0.717, 1.165) is 18.4 Å². The van der Waals surface area contributed by atoms with Gasteiger partial charge in [-0.1, -0.05) is 39.5 Å². The fourth-order valence-corrected chi connectivity index (χ4v) is 4.51. The molecule has 0 aromatic carbocycles. The highest BCUT2D eigenvalue weighted by molar-refractivity contribution is 7.12. The Kier molecular flexibility index (Phi) is 5.25. The maximum atomic E-state index is 3.76. The van der Waals surface area contributed by atoms with E-state index < -0.39 is 0 Å². The highest BCUT2D eigenvalue weighted by Gasteiger charge is 2.31. The molecule has 1 aliphatic carbocycles. The first-order valence-corrected chi connectivity index (χ1v) is 8.37. The van der Waals surface area contributed by atoms with Crippen molar-refractivity contribution in [2.45, 2.75) is 58.9 Å². The Hall–Kier alpha value is -0.340. The molecule has 1 heterocycles. The van der Waals surface area contributed by atoms with E-state index in [1.165, 1.54) is 37.0 Å². The van der Waals surface area contributed by atoms with Gasteiger partial charge in [-0.2, -0.15) is 0 Å². The van der Waals surface area contributed by atoms with Gasteiger partial charge in [0.1, 0.15) is 0 Å². The molecule has 2 rings (SSSR count). The molecule has 1 saturated carbocycles. The minimum atomic E-state index is 0.596. The van der Waals surface area contributed by atoms with Crippen molar-refractivity contribution in [3.8, 4) is 0 Å². The standard InChI is InChI=1S/C16H27NS/c1-4-13-8-6-7-9-14(13)16(17-5-2)15-11-10-12(3)18-15/h10-11,13-14,16-17H,4-9H2,1-3H3. The Balaban J connectivity index is 2.17. The molecule has 1 N–H and O–H groups in total. The van der Waals surface area contributed by atoms with Gasteiger partial charge in [-0.3, -0.25) is 0 Å². The monoisotopic (exact) mass is 265 g/mol. The van der Waals surface area contributed by atoms with E-state index in [-0.39, 0.29) is 0 Å². The molecule has 18 heavy (non-hydrogen) atoms. The van der Waals surface area contributed by atoms with Crippen LogP contribution in [-0.4, -0.2) is 6.54 Å². The van der Waals surface area contributed by atoms with Gasteiger partial charge >= 0.3 is 0 Å². The fourth-order valence-electron chi connectivity index (χ4n) is 3.49. The Morgan fingerprint density at radius 2 is 2.06 bits per heavy atom. The van der Waals surface area contributed by atoms with E-state index in [9.17, 15) is 0 Å². The average molecular weight is 265 g/mol. The molecule has 1 aromatic heterocycles. The maximum Gasteiger partial charge on any atom is 0.0446 e. The molecule has 1 aliphatic rings. The lowest BCUT2D eigenvalue weighted by molar-refractivity contribution is 0.178. The lowest BCUT2D eigenvalue weighted by atomic mass is 9.73. The predicted molar refractivity (Wildman–Crippen MR) is 81.2 cm³/mol. The van der Waals surface area contributed by atoms with Crippen LogP contribution in [0.15, 0.2) is 12.1 Å². The van der Waals surface area contributed by atoms with Gasteiger partial charge in [0.15, 0.2) is 0 Å². The van der Waals surface area contributed by atoms with E-state index in [1.54, 1.807) is 4.88 Å². The van der Waals surface area contributed by atoms with Crippen molar-refractivity contribution in [1.29, 1.82) is 0 Å². The second-order valence-corrected chi connectivity index (χ2v) is 6.92. The van der Waals surface area contributed by atoms with E-state index in [4.69, 9.17) is 0 Å². The van der Waals surface area contributed by atoms with Crippen molar-refractivity contribution in [2.75, 3.05) is 6.54 Å². The second kappa shape index (κ2) is 6.72. The number of nitrogens with one attached hydrogen (secondary N) is 1. The normalized spacial score (nSPS) is 26.2. The molecule has 3 atom stereocenters. The molecule has 1 fully saturated rings. The van der Waals surface area contributed by atoms with Gasteiger partial charge in [0.05, 0.1) is 0 Å². The summed E-state index contributed by atoms with van der Waals surface area (Å²) in [6, 6.07) is 5.21. The first-order valence-electron chi connectivity index (χ1n) is 7.56. The van der Waals surface area contributed by atoms with Gasteiger partial charge < -0.3 is 5.32 Å². The SMILES string of the molecule is CCNC(c1ccc(C)s1)C1CCCCC1CC. The minimum Gasteiger partial charge on any atom is -0.309 e. The summed E-state index contributed by atoms with van der Waals surface area (Å²) >= 11 is 1.98. The van der Waals surface area contributed by atoms with Gasteiger partial charge in [-0.05, 0) is 43.9 Å². The van der Waals surface area contributed by atoms with Crippen LogP contribution < -0.4 is 5.32 Å². The van der Waals surface area contributed by atoms with Gasteiger partial charge in [-0.25, -0.2) is 0 Å². The van der Waals surface area contributed by atoms with Crippen LogP contribution in [0, 0.1) is 18.8 Å². The van der Waals surface area contributed by atoms with Crippen molar-refractivity contribution in [2.24, 2.45) is 11.8 Å². The molecule has 1 aromatic rings. The zero-order chi connectivity index (χ0) is 13.0. The summed E-state index contributed by atoms with van der Waals surface area (Å²) in [6.07, 6.45) is 7.06. The third-order valence-corrected chi connectivity index (χ3v) is 5.50. The van der Waals surface area contributed by atoms with Gasteiger partial charge in [-0.15, -0.1) is 11.3 Å². The van der Waals surface area contributed by atoms with Gasteiger partial charge in [0.2, 0.25) is 0 Å². The number of aryl methyl sites for hydroxylation is 1. The molecule has 2 heteroatoms. The Labute approximate surface area is 116 Å². The molecule has 0 amide bonds. The summed E-state index contributed by atoms with van der Waals surface area (Å²) in [5, 5.41) is 3.76. The second-order valence-electron chi connectivity index (χ2n) is 5.60. The number of hydrogen-bond acceptors (Lipinski definition) is 2. The predicted octanol–water partition coefficient (Wildman–Crippen LogP) is 4.92. The summed E-state index contributed by atoms with van der Waals surface area (Å²) in [4.78, 5) is 3.00. The molecule has 0 aliphatic heterocycles. The third kappa shape index (κ3) is 3.16. The smallest absolute Gasteiger partial charge is 0.0446 e. The van der Waals surface area contributed by atoms with E-state index in [0.29, 0.717) is 6.04 Å². The first kappa shape index (κ1) is 14.1. The van der Waals surface area contributed by atoms with Crippen LogP contribution in [0.25, 0.3) is 0 Å². The lowest BCUT2D eigenvalue weighted by Gasteiger charge is -2.37. The summed E-state index contributed by atoms with van der Waals surface area (Å²) in [5.41, 5.74) is 0. The largest absolute Gasteiger partial charge is 0.309 e. The molecular weight excluding hydrogens is 238 g/mol. The molecule has 1 nitrogen and oxygen atoms in total. The van der Waals surface area contributed by atoms with Crippen molar-refractivity contribution in [3.05, 3.63) is 21.9 Å². The summed E-state index contributed by atoms with van der Waals surface area (Å²) in [7, 11) is 0. The topological polar surface area (TPSA) is 12.0 Å². The lowest BCUT2D eigenvalue weighted by Crippen LogP contribution is -2.33. The minimum absolute atomic E-state index is 0.596. The van der Waals surface area contributed by atoms with Crippen LogP contribution in [0.3, 0.4) is 0 Å². The zero-order valence-corrected chi connectivity index (χ0v) is 12.9. The molecule has 0 bridgehead atoms. The Morgan fingerprint density at radius 3 is 2.67 bits per heavy atom. The fraction of sp³-hybridized carbons (Fsp3) is 0.750. The summed E-state index contributed by atoms with van der Waals surface area (Å²) < 4.78 is 0. The van der Waals surface area contributed by atoms with Crippen molar-refractivity contribution < 1.29 is 0 Å². The molecule has 102 valence electrons. The Morgan fingerprint density at radius 1 is 1.28 bits per heavy atom. The van der Waals surface area contributed by atoms with Crippen LogP contribution in [0.2, 0.25) is 0 Å². The van der Waals surface area contributed by atoms with Crippen LogP contribution in [0.4, 0.5) is 0 Å². The summed E-state index contributed by atoms with van der Waals surface area (Å²) in [5.74, 6) is 1.77. The highest BCUT2D eigenvalue weighted by Crippen LogP contribution is 2.41. The quantitative estimate of drug-likeness (QED) is 0.796. The number of rotatable bonds is 5. The molecular formula is C16H27NS. The molecule has 0 saturated heterocycles. The van der Waals surface area contributed by atoms with Gasteiger partial charge in [0, 0.05) is 15.8 Å². The molecule has 3 unspecified atom stereocenters. The van der Waals surface area contributed by atoms with Crippen molar-refractivity contribution in [1.82, 2.24) is 5.32 Å². The zero-order valence-electron chi connectivity index (χ0n) is 12.0. The van der Waals surface area contributed by atoms with Crippen LogP contribution in [0.1, 0.15) is 61.7 Å². The molecule has 0 spiro atoms. The van der Waals surface area contributed by atoms with Crippen molar-refractivity contribution >= 4 is 11.3 Å². The number of thiophene rings is 1. The van der Waals surface area contributed by atoms with E-state index in [1.807, 2.05) is 11.3 Å².